The molecule has 0 fully saturated rings. The second kappa shape index (κ2) is 8.20. The molecule has 0 bridgehead atoms. The van der Waals surface area contributed by atoms with Crippen LogP contribution in [-0.4, -0.2) is 40.1 Å². The fourth-order valence-corrected chi connectivity index (χ4v) is 1.40. The van der Waals surface area contributed by atoms with Crippen molar-refractivity contribution >= 4 is 26.0 Å². The zero-order chi connectivity index (χ0) is 10.3. The molecule has 8 heteroatoms. The van der Waals surface area contributed by atoms with Gasteiger partial charge >= 0.3 is 13.6 Å². The van der Waals surface area contributed by atoms with Crippen LogP contribution in [0.4, 0.5) is 0 Å². The molecule has 0 saturated carbocycles. The predicted molar refractivity (Wildman–Crippen MR) is 53.9 cm³/mol. The lowest BCUT2D eigenvalue weighted by Crippen LogP contribution is -2.23. The Morgan fingerprint density at radius 3 is 2.29 bits per heavy atom. The van der Waals surface area contributed by atoms with Crippen molar-refractivity contribution in [1.82, 2.24) is 5.32 Å². The van der Waals surface area contributed by atoms with Crippen LogP contribution in [0.1, 0.15) is 12.8 Å². The molecule has 14 heavy (non-hydrogen) atoms. The second-order valence-electron chi connectivity index (χ2n) is 2.67. The maximum absolute atomic E-state index is 10.4. The highest BCUT2D eigenvalue weighted by Gasteiger charge is 2.10. The summed E-state index contributed by atoms with van der Waals surface area (Å²) in [5.41, 5.74) is 0. The third-order valence-electron chi connectivity index (χ3n) is 1.33. The molecule has 0 spiro atoms. The van der Waals surface area contributed by atoms with Gasteiger partial charge in [0.2, 0.25) is 0 Å². The van der Waals surface area contributed by atoms with Gasteiger partial charge in [-0.1, -0.05) is 0 Å². The largest absolute Gasteiger partial charge is 0.480 e. The molecule has 0 amide bonds. The zero-order valence-corrected chi connectivity index (χ0v) is 9.26. The number of hydrogen-bond acceptors (Lipinski definition) is 3. The molecular weight excluding hydrogens is 232 g/mol. The van der Waals surface area contributed by atoms with E-state index in [9.17, 15) is 9.36 Å². The number of nitrogens with one attached hydrogen (secondary N) is 1. The first-order chi connectivity index (χ1) is 5.92. The Kier molecular flexibility index (Phi) is 9.55. The molecule has 6 nitrogen and oxygen atoms in total. The van der Waals surface area contributed by atoms with Crippen molar-refractivity contribution in [3.63, 3.8) is 0 Å². The topological polar surface area (TPSA) is 107 Å². The predicted octanol–water partition coefficient (Wildman–Crippen LogP) is 0.0403. The lowest BCUT2D eigenvalue weighted by Gasteiger charge is -2.03. The van der Waals surface area contributed by atoms with E-state index in [4.69, 9.17) is 14.9 Å². The lowest BCUT2D eigenvalue weighted by molar-refractivity contribution is -0.135. The number of rotatable bonds is 7. The van der Waals surface area contributed by atoms with Crippen LogP contribution in [0.5, 0.6) is 0 Å². The molecule has 4 N–H and O–H groups in total. The van der Waals surface area contributed by atoms with Crippen LogP contribution in [0.25, 0.3) is 0 Å². The minimum Gasteiger partial charge on any atom is -0.480 e. The first kappa shape index (κ1) is 16.3. The SMILES string of the molecule is Cl.O=C(O)CNCCCCP(=O)(O)O. The van der Waals surface area contributed by atoms with Crippen LogP contribution in [-0.2, 0) is 9.36 Å². The average Bonchev–Trinajstić information content (AvgIpc) is 1.93. The number of aliphatic carboxylic acids is 1. The number of unbranched alkanes of at least 4 members (excludes halogenated alkanes) is 1. The van der Waals surface area contributed by atoms with E-state index in [2.05, 4.69) is 5.32 Å². The van der Waals surface area contributed by atoms with E-state index in [0.717, 1.165) is 0 Å². The Morgan fingerprint density at radius 2 is 1.86 bits per heavy atom. The Hall–Kier alpha value is -0.130. The van der Waals surface area contributed by atoms with E-state index in [1.54, 1.807) is 0 Å². The molecular formula is C6H15ClNO5P. The van der Waals surface area contributed by atoms with Gasteiger partial charge in [0.05, 0.1) is 6.54 Å². The number of carboxylic acid groups (broad SMARTS) is 1. The fraction of sp³-hybridized carbons (Fsp3) is 0.833. The van der Waals surface area contributed by atoms with E-state index in [1.807, 2.05) is 0 Å². The fourth-order valence-electron chi connectivity index (χ4n) is 0.763. The second-order valence-corrected chi connectivity index (χ2v) is 4.44. The van der Waals surface area contributed by atoms with Gasteiger partial charge in [0.25, 0.3) is 0 Å². The van der Waals surface area contributed by atoms with Gasteiger partial charge in [0.15, 0.2) is 0 Å². The molecule has 0 aromatic heterocycles. The maximum atomic E-state index is 10.4. The lowest BCUT2D eigenvalue weighted by atomic mass is 10.3. The number of carbonyl (C=O) groups is 1. The van der Waals surface area contributed by atoms with Crippen molar-refractivity contribution in [3.05, 3.63) is 0 Å². The Morgan fingerprint density at radius 1 is 1.29 bits per heavy atom. The summed E-state index contributed by atoms with van der Waals surface area (Å²) in [5.74, 6) is -0.935. The summed E-state index contributed by atoms with van der Waals surface area (Å²) in [5, 5.41) is 10.8. The minimum atomic E-state index is -3.88. The van der Waals surface area contributed by atoms with E-state index < -0.39 is 13.6 Å². The van der Waals surface area contributed by atoms with Crippen molar-refractivity contribution in [2.75, 3.05) is 19.3 Å². The number of halogens is 1. The van der Waals surface area contributed by atoms with Crippen molar-refractivity contribution < 1.29 is 24.3 Å². The molecule has 0 radical (unpaired) electrons. The molecule has 0 aromatic rings. The molecule has 86 valence electrons. The standard InChI is InChI=1S/C6H14NO5P.ClH/c8-6(9)5-7-3-1-2-4-13(10,11)12;/h7H,1-5H2,(H,8,9)(H2,10,11,12);1H. The molecule has 0 aliphatic carbocycles. The average molecular weight is 248 g/mol. The van der Waals surface area contributed by atoms with E-state index in [-0.39, 0.29) is 25.1 Å². The first-order valence-corrected chi connectivity index (χ1v) is 5.68. The van der Waals surface area contributed by atoms with Crippen LogP contribution < -0.4 is 5.32 Å². The van der Waals surface area contributed by atoms with Crippen molar-refractivity contribution in [1.29, 1.82) is 0 Å². The summed E-state index contributed by atoms with van der Waals surface area (Å²) in [6.07, 6.45) is 0.830. The van der Waals surface area contributed by atoms with Crippen LogP contribution in [0, 0.1) is 0 Å². The Balaban J connectivity index is 0. The van der Waals surface area contributed by atoms with E-state index in [1.165, 1.54) is 0 Å². The molecule has 0 rings (SSSR count). The van der Waals surface area contributed by atoms with E-state index >= 15 is 0 Å². The third kappa shape index (κ3) is 14.4. The van der Waals surface area contributed by atoms with Gasteiger partial charge in [0, 0.05) is 6.16 Å². The highest BCUT2D eigenvalue weighted by Crippen LogP contribution is 2.35. The van der Waals surface area contributed by atoms with E-state index in [0.29, 0.717) is 19.4 Å². The van der Waals surface area contributed by atoms with Crippen molar-refractivity contribution in [2.24, 2.45) is 0 Å². The Labute approximate surface area is 88.3 Å². The molecule has 0 saturated heterocycles. The highest BCUT2D eigenvalue weighted by atomic mass is 35.5. The quantitative estimate of drug-likeness (QED) is 0.374. The molecule has 0 aliphatic rings. The van der Waals surface area contributed by atoms with Crippen LogP contribution >= 0.6 is 20.0 Å². The summed E-state index contributed by atoms with van der Waals surface area (Å²) in [7, 11) is -3.88. The Bertz CT molecular complexity index is 206. The first-order valence-electron chi connectivity index (χ1n) is 3.89. The van der Waals surface area contributed by atoms with Gasteiger partial charge in [-0.2, -0.15) is 0 Å². The zero-order valence-electron chi connectivity index (χ0n) is 7.55. The van der Waals surface area contributed by atoms with Gasteiger partial charge in [-0.15, -0.1) is 12.4 Å². The maximum Gasteiger partial charge on any atom is 0.325 e. The monoisotopic (exact) mass is 247 g/mol. The van der Waals surface area contributed by atoms with Gasteiger partial charge in [-0.05, 0) is 19.4 Å². The normalized spacial score (nSPS) is 10.7. The van der Waals surface area contributed by atoms with Crippen LogP contribution in [0.15, 0.2) is 0 Å². The summed E-state index contributed by atoms with van der Waals surface area (Å²) in [6.45, 7) is 0.349. The third-order valence-corrected chi connectivity index (χ3v) is 2.23. The molecule has 0 atom stereocenters. The van der Waals surface area contributed by atoms with Gasteiger partial charge in [-0.3, -0.25) is 9.36 Å². The summed E-state index contributed by atoms with van der Waals surface area (Å²) in [6, 6.07) is 0. The number of carboxylic acids is 1. The molecule has 0 unspecified atom stereocenters. The smallest absolute Gasteiger partial charge is 0.325 e. The van der Waals surface area contributed by atoms with Crippen LogP contribution in [0.3, 0.4) is 0 Å². The van der Waals surface area contributed by atoms with Crippen LogP contribution in [0.2, 0.25) is 0 Å². The number of hydrogen-bond donors (Lipinski definition) is 4. The summed E-state index contributed by atoms with van der Waals surface area (Å²) >= 11 is 0. The van der Waals surface area contributed by atoms with Gasteiger partial charge in [0.1, 0.15) is 0 Å². The van der Waals surface area contributed by atoms with Gasteiger partial charge < -0.3 is 20.2 Å². The van der Waals surface area contributed by atoms with Gasteiger partial charge in [-0.25, -0.2) is 0 Å². The van der Waals surface area contributed by atoms with Crippen molar-refractivity contribution in [2.45, 2.75) is 12.8 Å². The van der Waals surface area contributed by atoms with Crippen molar-refractivity contribution in [3.8, 4) is 0 Å². The molecule has 0 aromatic carbocycles. The summed E-state index contributed by atoms with van der Waals surface area (Å²) < 4.78 is 10.4. The molecule has 0 heterocycles. The summed E-state index contributed by atoms with van der Waals surface area (Å²) in [4.78, 5) is 26.9. The molecule has 0 aliphatic heterocycles. The minimum absolute atomic E-state index is 0. The highest BCUT2D eigenvalue weighted by molar-refractivity contribution is 7.51.